The number of esters is 1. The Morgan fingerprint density at radius 2 is 1.90 bits per heavy atom. The maximum absolute atomic E-state index is 12.8. The van der Waals surface area contributed by atoms with Crippen molar-refractivity contribution in [1.29, 1.82) is 0 Å². The lowest BCUT2D eigenvalue weighted by Gasteiger charge is -2.34. The zero-order valence-electron chi connectivity index (χ0n) is 17.1. The second kappa shape index (κ2) is 9.56. The van der Waals surface area contributed by atoms with Gasteiger partial charge in [0.25, 0.3) is 5.69 Å². The third-order valence-electron chi connectivity index (χ3n) is 5.46. The molecule has 2 heterocycles. The molecular weight excluding hydrogens is 406 g/mol. The van der Waals surface area contributed by atoms with E-state index in [4.69, 9.17) is 10.5 Å². The number of nitrogens with two attached hydrogens (primary N) is 1. The van der Waals surface area contributed by atoms with Crippen molar-refractivity contribution in [3.8, 4) is 0 Å². The normalized spacial score (nSPS) is 20.0. The molecule has 1 atom stereocenters. The third-order valence-corrected chi connectivity index (χ3v) is 5.46. The Labute approximate surface area is 178 Å². The first-order chi connectivity index (χ1) is 14.8. The maximum atomic E-state index is 12.8. The summed E-state index contributed by atoms with van der Waals surface area (Å²) in [4.78, 5) is 49.0. The van der Waals surface area contributed by atoms with Crippen LogP contribution in [0.1, 0.15) is 31.4 Å². The number of nitro benzene ring substituents is 1. The minimum atomic E-state index is -0.813. The highest BCUT2D eigenvalue weighted by molar-refractivity contribution is 5.95. The Morgan fingerprint density at radius 3 is 2.45 bits per heavy atom. The summed E-state index contributed by atoms with van der Waals surface area (Å²) >= 11 is 0. The van der Waals surface area contributed by atoms with Crippen molar-refractivity contribution in [2.75, 3.05) is 26.2 Å². The van der Waals surface area contributed by atoms with Gasteiger partial charge in [-0.25, -0.2) is 9.59 Å². The number of carbonyl (C=O) groups is 3. The zero-order chi connectivity index (χ0) is 22.5. The molecule has 3 rings (SSSR count). The SMILES string of the molecule is CCOC(=O)C1=C(CN2CCC(C(N)=O)CC2)NC(=O)N[C@@H]1c1ccc([N+](=O)[O-])cc1. The number of likely N-dealkylation sites (tertiary alicyclic amines) is 1. The highest BCUT2D eigenvalue weighted by Gasteiger charge is 2.35. The van der Waals surface area contributed by atoms with Gasteiger partial charge in [-0.3, -0.25) is 19.8 Å². The highest BCUT2D eigenvalue weighted by Crippen LogP contribution is 2.30. The molecule has 0 unspecified atom stereocenters. The van der Waals surface area contributed by atoms with Crippen molar-refractivity contribution < 1.29 is 24.0 Å². The standard InChI is InChI=1S/C20H25N5O6/c1-2-31-19(27)16-15(11-24-9-7-13(8-10-24)18(21)26)22-20(28)23-17(16)12-3-5-14(6-4-12)25(29)30/h3-6,13,17H,2,7-11H2,1H3,(H2,21,26)(H2,22,23,28)/t17-/m1/s1. The molecule has 4 N–H and O–H groups in total. The number of hydrogen-bond donors (Lipinski definition) is 3. The van der Waals surface area contributed by atoms with E-state index in [1.807, 2.05) is 4.90 Å². The number of benzene rings is 1. The van der Waals surface area contributed by atoms with Crippen LogP contribution in [0, 0.1) is 16.0 Å². The summed E-state index contributed by atoms with van der Waals surface area (Å²) in [5, 5.41) is 16.4. The number of carbonyl (C=O) groups excluding carboxylic acids is 3. The second-order valence-electron chi connectivity index (χ2n) is 7.45. The van der Waals surface area contributed by atoms with Gasteiger partial charge in [0.05, 0.1) is 23.1 Å². The Bertz CT molecular complexity index is 905. The number of nitrogens with zero attached hydrogens (tertiary/aromatic N) is 2. The number of ether oxygens (including phenoxy) is 1. The van der Waals surface area contributed by atoms with Crippen LogP contribution in [-0.4, -0.2) is 54.0 Å². The van der Waals surface area contributed by atoms with E-state index in [9.17, 15) is 24.5 Å². The molecule has 3 amide bonds. The van der Waals surface area contributed by atoms with Crippen molar-refractivity contribution in [1.82, 2.24) is 15.5 Å². The first kappa shape index (κ1) is 22.2. The number of nitro groups is 1. The van der Waals surface area contributed by atoms with E-state index in [0.717, 1.165) is 0 Å². The number of rotatable bonds is 7. The van der Waals surface area contributed by atoms with Gasteiger partial charge in [-0.15, -0.1) is 0 Å². The molecule has 0 aliphatic carbocycles. The van der Waals surface area contributed by atoms with Crippen LogP contribution < -0.4 is 16.4 Å². The lowest BCUT2D eigenvalue weighted by atomic mass is 9.93. The molecule has 11 heteroatoms. The fraction of sp³-hybridized carbons (Fsp3) is 0.450. The molecule has 0 bridgehead atoms. The molecule has 1 aromatic rings. The molecule has 2 aliphatic heterocycles. The van der Waals surface area contributed by atoms with Crippen molar-refractivity contribution in [3.63, 3.8) is 0 Å². The number of non-ortho nitro benzene ring substituents is 1. The van der Waals surface area contributed by atoms with Crippen LogP contribution in [0.3, 0.4) is 0 Å². The third kappa shape index (κ3) is 5.18. The molecule has 0 radical (unpaired) electrons. The van der Waals surface area contributed by atoms with Gasteiger partial charge < -0.3 is 21.1 Å². The molecule has 0 saturated carbocycles. The minimum absolute atomic E-state index is 0.0942. The number of primary amides is 1. The predicted octanol–water partition coefficient (Wildman–Crippen LogP) is 0.963. The fourth-order valence-electron chi connectivity index (χ4n) is 3.83. The molecular formula is C20H25N5O6. The van der Waals surface area contributed by atoms with Gasteiger partial charge in [-0.1, -0.05) is 0 Å². The Hall–Kier alpha value is -3.47. The summed E-state index contributed by atoms with van der Waals surface area (Å²) in [7, 11) is 0. The maximum Gasteiger partial charge on any atom is 0.338 e. The molecule has 1 fully saturated rings. The summed E-state index contributed by atoms with van der Waals surface area (Å²) in [6.45, 7) is 3.32. The second-order valence-corrected chi connectivity index (χ2v) is 7.45. The van der Waals surface area contributed by atoms with Crippen LogP contribution in [-0.2, 0) is 14.3 Å². The lowest BCUT2D eigenvalue weighted by Crippen LogP contribution is -2.49. The number of nitrogens with one attached hydrogen (secondary N) is 2. The summed E-state index contributed by atoms with van der Waals surface area (Å²) in [6, 6.07) is 4.35. The smallest absolute Gasteiger partial charge is 0.338 e. The Balaban J connectivity index is 1.90. The van der Waals surface area contributed by atoms with Crippen LogP contribution >= 0.6 is 0 Å². The van der Waals surface area contributed by atoms with E-state index in [1.54, 1.807) is 6.92 Å². The fourth-order valence-corrected chi connectivity index (χ4v) is 3.83. The molecule has 31 heavy (non-hydrogen) atoms. The number of hydrogen-bond acceptors (Lipinski definition) is 7. The van der Waals surface area contributed by atoms with Crippen LogP contribution in [0.25, 0.3) is 0 Å². The van der Waals surface area contributed by atoms with Crippen molar-refractivity contribution >= 4 is 23.6 Å². The largest absolute Gasteiger partial charge is 0.463 e. The van der Waals surface area contributed by atoms with E-state index in [-0.39, 0.29) is 36.2 Å². The Kier molecular flexibility index (Phi) is 6.85. The number of piperidine rings is 1. The van der Waals surface area contributed by atoms with Gasteiger partial charge in [0.1, 0.15) is 0 Å². The van der Waals surface area contributed by atoms with E-state index in [1.165, 1.54) is 24.3 Å². The van der Waals surface area contributed by atoms with Crippen molar-refractivity contribution in [2.24, 2.45) is 11.7 Å². The highest BCUT2D eigenvalue weighted by atomic mass is 16.6. The molecule has 0 spiro atoms. The van der Waals surface area contributed by atoms with E-state index in [0.29, 0.717) is 37.2 Å². The molecule has 1 aromatic carbocycles. The van der Waals surface area contributed by atoms with Gasteiger partial charge in [0.15, 0.2) is 0 Å². The monoisotopic (exact) mass is 431 g/mol. The van der Waals surface area contributed by atoms with E-state index < -0.39 is 23.0 Å². The zero-order valence-corrected chi connectivity index (χ0v) is 17.1. The topological polar surface area (TPSA) is 157 Å². The average Bonchev–Trinajstić information content (AvgIpc) is 2.74. The van der Waals surface area contributed by atoms with E-state index in [2.05, 4.69) is 10.6 Å². The molecule has 2 aliphatic rings. The first-order valence-electron chi connectivity index (χ1n) is 10.0. The first-order valence-corrected chi connectivity index (χ1v) is 10.0. The van der Waals surface area contributed by atoms with Gasteiger partial charge in [0, 0.05) is 30.3 Å². The van der Waals surface area contributed by atoms with E-state index >= 15 is 0 Å². The average molecular weight is 431 g/mol. The Morgan fingerprint density at radius 1 is 1.26 bits per heavy atom. The van der Waals surface area contributed by atoms with Crippen molar-refractivity contribution in [2.45, 2.75) is 25.8 Å². The molecule has 11 nitrogen and oxygen atoms in total. The van der Waals surface area contributed by atoms with Crippen LogP contribution in [0.4, 0.5) is 10.5 Å². The van der Waals surface area contributed by atoms with Gasteiger partial charge >= 0.3 is 12.0 Å². The lowest BCUT2D eigenvalue weighted by molar-refractivity contribution is -0.384. The summed E-state index contributed by atoms with van der Waals surface area (Å²) in [6.07, 6.45) is 1.21. The van der Waals surface area contributed by atoms with Gasteiger partial charge in [-0.2, -0.15) is 0 Å². The number of amides is 3. The minimum Gasteiger partial charge on any atom is -0.463 e. The summed E-state index contributed by atoms with van der Waals surface area (Å²) in [5.41, 5.74) is 6.46. The quantitative estimate of drug-likeness (QED) is 0.330. The van der Waals surface area contributed by atoms with Gasteiger partial charge in [0.2, 0.25) is 5.91 Å². The molecule has 166 valence electrons. The van der Waals surface area contributed by atoms with Crippen LogP contribution in [0.5, 0.6) is 0 Å². The van der Waals surface area contributed by atoms with Gasteiger partial charge in [-0.05, 0) is 50.6 Å². The molecule has 0 aromatic heterocycles. The van der Waals surface area contributed by atoms with Crippen LogP contribution in [0.15, 0.2) is 35.5 Å². The summed E-state index contributed by atoms with van der Waals surface area (Å²) < 4.78 is 5.22. The summed E-state index contributed by atoms with van der Waals surface area (Å²) in [5.74, 6) is -1.08. The predicted molar refractivity (Wildman–Crippen MR) is 110 cm³/mol. The van der Waals surface area contributed by atoms with Crippen molar-refractivity contribution in [3.05, 3.63) is 51.2 Å². The molecule has 1 saturated heterocycles. The number of urea groups is 1. The van der Waals surface area contributed by atoms with Crippen LogP contribution in [0.2, 0.25) is 0 Å².